The molecule has 2 atom stereocenters. The molecule has 1 aliphatic carbocycles. The smallest absolute Gasteiger partial charge is 0.373 e. The average Bonchev–Trinajstić information content (AvgIpc) is 3.70. The molecule has 14 nitrogen and oxygen atoms in total. The Morgan fingerprint density at radius 2 is 1.36 bits per heavy atom. The molecule has 6 N–H and O–H groups in total. The van der Waals surface area contributed by atoms with Crippen molar-refractivity contribution in [2.75, 3.05) is 41.3 Å². The van der Waals surface area contributed by atoms with Crippen molar-refractivity contribution in [3.8, 4) is 0 Å². The number of nitrogens with two attached hydrogens (primary N) is 1. The second-order valence-electron chi connectivity index (χ2n) is 14.3. The van der Waals surface area contributed by atoms with Gasteiger partial charge in [-0.05, 0) is 56.2 Å². The highest BCUT2D eigenvalue weighted by Gasteiger charge is 2.32. The normalized spacial score (nSPS) is 12.8. The predicted octanol–water partition coefficient (Wildman–Crippen LogP) is 3.47. The quantitative estimate of drug-likeness (QED) is 0.132. The van der Waals surface area contributed by atoms with Gasteiger partial charge in [0, 0.05) is 38.4 Å². The van der Waals surface area contributed by atoms with E-state index in [0.29, 0.717) is 5.56 Å². The first-order valence-electron chi connectivity index (χ1n) is 18.7. The van der Waals surface area contributed by atoms with Gasteiger partial charge in [0.1, 0.15) is 0 Å². The van der Waals surface area contributed by atoms with Crippen LogP contribution in [0.4, 0.5) is 0 Å². The zero-order valence-electron chi connectivity index (χ0n) is 33.4. The summed E-state index contributed by atoms with van der Waals surface area (Å²) in [6.45, 7) is 5.15. The molecule has 0 heterocycles. The molecule has 0 aromatic heterocycles. The predicted molar refractivity (Wildman–Crippen MR) is 215 cm³/mol. The molecular weight excluding hydrogens is 718 g/mol. The number of carbonyl (C=O) groups excluding carboxylic acids is 8. The number of primary amides is 1. The highest BCUT2D eigenvalue weighted by Crippen LogP contribution is 2.29. The molecule has 1 aliphatic rings. The summed E-state index contributed by atoms with van der Waals surface area (Å²) in [5.74, 6) is -2.55. The van der Waals surface area contributed by atoms with Gasteiger partial charge in [-0.15, -0.1) is 0 Å². The number of rotatable bonds is 19. The number of quaternary nitrogens is 1. The lowest BCUT2D eigenvalue weighted by Gasteiger charge is -2.24. The van der Waals surface area contributed by atoms with Gasteiger partial charge in [-0.25, -0.2) is 0 Å². The molecule has 56 heavy (non-hydrogen) atoms. The van der Waals surface area contributed by atoms with Crippen LogP contribution < -0.4 is 21.7 Å². The van der Waals surface area contributed by atoms with E-state index < -0.39 is 29.8 Å². The van der Waals surface area contributed by atoms with Crippen LogP contribution in [0, 0.1) is 12.8 Å². The first-order valence-corrected chi connectivity index (χ1v) is 18.7. The van der Waals surface area contributed by atoms with Gasteiger partial charge in [0.2, 0.25) is 17.7 Å². The molecule has 2 aromatic rings. The Kier molecular flexibility index (Phi) is 28.6. The first-order chi connectivity index (χ1) is 26.1. The van der Waals surface area contributed by atoms with E-state index in [-0.39, 0.29) is 75.6 Å². The number of benzene rings is 2. The Balaban J connectivity index is 0. The van der Waals surface area contributed by atoms with Crippen molar-refractivity contribution >= 4 is 41.3 Å². The SMILES string of the molecule is C.CCCC[N+](C)(C)C.CO.Cc1ccc(C(=O)N[C@@H](Cc2ccccc2)C(=O)CCC(=O)N[C@H](C(=O)CCC(=O)NCC(N)=O)C2CCCC2)cc1.O=C=O. The van der Waals surface area contributed by atoms with E-state index in [2.05, 4.69) is 44.0 Å². The number of amides is 4. The van der Waals surface area contributed by atoms with Crippen molar-refractivity contribution in [1.29, 1.82) is 0 Å². The van der Waals surface area contributed by atoms with E-state index >= 15 is 0 Å². The molecule has 0 spiro atoms. The summed E-state index contributed by atoms with van der Waals surface area (Å²) in [4.78, 5) is 91.3. The van der Waals surface area contributed by atoms with Crippen LogP contribution in [0.5, 0.6) is 0 Å². The number of hydrogen-bond acceptors (Lipinski definition) is 9. The molecule has 1 fully saturated rings. The van der Waals surface area contributed by atoms with Crippen molar-refractivity contribution in [2.24, 2.45) is 11.7 Å². The van der Waals surface area contributed by atoms with Gasteiger partial charge in [-0.2, -0.15) is 9.59 Å². The summed E-state index contributed by atoms with van der Waals surface area (Å²) < 4.78 is 1.10. The number of aliphatic hydroxyl groups excluding tert-OH is 1. The van der Waals surface area contributed by atoms with E-state index in [1.165, 1.54) is 19.4 Å². The molecule has 0 unspecified atom stereocenters. The van der Waals surface area contributed by atoms with Crippen LogP contribution in [0.1, 0.15) is 100 Å². The molecular formula is C42H66N5O9+. The molecule has 312 valence electrons. The molecule has 0 saturated heterocycles. The van der Waals surface area contributed by atoms with Crippen molar-refractivity contribution in [3.05, 3.63) is 71.3 Å². The Morgan fingerprint density at radius 3 is 1.86 bits per heavy atom. The number of carbonyl (C=O) groups is 6. The lowest BCUT2D eigenvalue weighted by atomic mass is 9.92. The van der Waals surface area contributed by atoms with E-state index in [0.717, 1.165) is 48.4 Å². The molecule has 0 aliphatic heterocycles. The number of ketones is 2. The Labute approximate surface area is 332 Å². The lowest BCUT2D eigenvalue weighted by Crippen LogP contribution is -2.46. The third-order valence-corrected chi connectivity index (χ3v) is 8.66. The van der Waals surface area contributed by atoms with Crippen LogP contribution >= 0.6 is 0 Å². The molecule has 0 bridgehead atoms. The van der Waals surface area contributed by atoms with E-state index in [1.807, 2.05) is 49.4 Å². The number of Topliss-reactive ketones (excluding diaryl/α,β-unsaturated/α-hetero) is 2. The first kappa shape index (κ1) is 53.1. The van der Waals surface area contributed by atoms with Gasteiger partial charge in [0.25, 0.3) is 5.91 Å². The maximum Gasteiger partial charge on any atom is 0.373 e. The molecule has 14 heteroatoms. The van der Waals surface area contributed by atoms with Crippen LogP contribution in [0.3, 0.4) is 0 Å². The van der Waals surface area contributed by atoms with Gasteiger partial charge in [-0.1, -0.05) is 81.6 Å². The molecule has 3 rings (SSSR count). The zero-order valence-corrected chi connectivity index (χ0v) is 33.4. The largest absolute Gasteiger partial charge is 0.400 e. The van der Waals surface area contributed by atoms with Gasteiger partial charge < -0.3 is 31.3 Å². The Hall–Kier alpha value is -5.04. The monoisotopic (exact) mass is 784 g/mol. The summed E-state index contributed by atoms with van der Waals surface area (Å²) in [7, 11) is 7.70. The maximum absolute atomic E-state index is 13.3. The Bertz CT molecular complexity index is 1500. The van der Waals surface area contributed by atoms with Gasteiger partial charge >= 0.3 is 6.15 Å². The highest BCUT2D eigenvalue weighted by molar-refractivity contribution is 5.99. The van der Waals surface area contributed by atoms with Crippen LogP contribution in [0.2, 0.25) is 0 Å². The second-order valence-corrected chi connectivity index (χ2v) is 14.3. The molecule has 0 radical (unpaired) electrons. The number of hydrogen-bond donors (Lipinski definition) is 5. The third kappa shape index (κ3) is 24.4. The van der Waals surface area contributed by atoms with Crippen molar-refractivity contribution in [1.82, 2.24) is 16.0 Å². The van der Waals surface area contributed by atoms with Gasteiger partial charge in [0.15, 0.2) is 11.6 Å². The van der Waals surface area contributed by atoms with Crippen LogP contribution in [-0.4, -0.2) is 104 Å². The Morgan fingerprint density at radius 1 is 0.821 bits per heavy atom. The summed E-state index contributed by atoms with van der Waals surface area (Å²) in [5, 5.41) is 15.0. The minimum absolute atomic E-state index is 0. The maximum atomic E-state index is 13.3. The van der Waals surface area contributed by atoms with Crippen molar-refractivity contribution in [3.63, 3.8) is 0 Å². The van der Waals surface area contributed by atoms with Gasteiger partial charge in [-0.3, -0.25) is 28.8 Å². The standard InChI is InChI=1S/C32H40N4O6.C7H18N.CO2.CH4O.CH4/c1-21-11-13-24(14-12-21)32(42)35-25(19-22-7-3-2-4-8-22)26(37)15-18-30(41)36-31(23-9-5-6-10-23)27(38)16-17-29(40)34-20-28(33)39;1-5-6-7-8(2,3)4;2-1-3;1-2;/h2-4,7-8,11-14,23,25,31H,5-6,9-10,15-20H2,1H3,(H2,33,39)(H,34,40)(H,35,42)(H,36,41);5-7H2,1-4H3;;2H,1H3;1H4/q;+1;;;/t25-,31-;;;;/m0..../s1. The number of unbranched alkanes of at least 4 members (excludes halogenated alkanes) is 1. The van der Waals surface area contributed by atoms with E-state index in [1.54, 1.807) is 12.1 Å². The van der Waals surface area contributed by atoms with Crippen LogP contribution in [0.15, 0.2) is 54.6 Å². The summed E-state index contributed by atoms with van der Waals surface area (Å²) in [6, 6.07) is 14.8. The van der Waals surface area contributed by atoms with Crippen LogP contribution in [-0.2, 0) is 40.0 Å². The van der Waals surface area contributed by atoms with E-state index in [4.69, 9.17) is 20.4 Å². The minimum atomic E-state index is -0.833. The van der Waals surface area contributed by atoms with Gasteiger partial charge in [0.05, 0.1) is 46.3 Å². The number of nitrogens with one attached hydrogen (secondary N) is 3. The van der Waals surface area contributed by atoms with Crippen molar-refractivity contribution < 1.29 is 47.9 Å². The number of aliphatic hydroxyl groups is 1. The number of nitrogens with zero attached hydrogens (tertiary/aromatic N) is 1. The fourth-order valence-corrected chi connectivity index (χ4v) is 5.75. The summed E-state index contributed by atoms with van der Waals surface area (Å²) in [5.41, 5.74) is 7.35. The number of aryl methyl sites for hydroxylation is 1. The summed E-state index contributed by atoms with van der Waals surface area (Å²) >= 11 is 0. The molecule has 2 aromatic carbocycles. The summed E-state index contributed by atoms with van der Waals surface area (Å²) in [6.07, 6.45) is 6.20. The average molecular weight is 785 g/mol. The molecule has 1 saturated carbocycles. The van der Waals surface area contributed by atoms with Crippen molar-refractivity contribution in [2.45, 2.75) is 104 Å². The lowest BCUT2D eigenvalue weighted by molar-refractivity contribution is -0.870. The second kappa shape index (κ2) is 30.2. The minimum Gasteiger partial charge on any atom is -0.400 e. The fourth-order valence-electron chi connectivity index (χ4n) is 5.75. The molecule has 4 amide bonds. The highest BCUT2D eigenvalue weighted by atomic mass is 16.2. The fraction of sp³-hybridized carbons (Fsp3) is 0.548. The topological polar surface area (TPSA) is 219 Å². The van der Waals surface area contributed by atoms with E-state index in [9.17, 15) is 28.8 Å². The van der Waals surface area contributed by atoms with Crippen LogP contribution in [0.25, 0.3) is 0 Å². The zero-order chi connectivity index (χ0) is 41.8. The third-order valence-electron chi connectivity index (χ3n) is 8.66.